The molecule has 1 aromatic carbocycles. The zero-order valence-corrected chi connectivity index (χ0v) is 21.7. The number of ether oxygens (including phenoxy) is 1. The summed E-state index contributed by atoms with van der Waals surface area (Å²) in [7, 11) is 0. The minimum absolute atomic E-state index is 0.000728. The fraction of sp³-hybridized carbons (Fsp3) is 0.500. The Morgan fingerprint density at radius 1 is 1.18 bits per heavy atom. The van der Waals surface area contributed by atoms with Crippen LogP contribution >= 0.6 is 11.6 Å². The van der Waals surface area contributed by atoms with E-state index < -0.39 is 35.4 Å². The second-order valence-corrected chi connectivity index (χ2v) is 9.40. The van der Waals surface area contributed by atoms with E-state index in [2.05, 4.69) is 26.4 Å². The summed E-state index contributed by atoms with van der Waals surface area (Å²) < 4.78 is 43.0. The van der Waals surface area contributed by atoms with Gasteiger partial charge in [-0.2, -0.15) is 8.78 Å². The summed E-state index contributed by atoms with van der Waals surface area (Å²) in [6.07, 6.45) is 4.38. The van der Waals surface area contributed by atoms with E-state index in [0.29, 0.717) is 6.54 Å². The summed E-state index contributed by atoms with van der Waals surface area (Å²) in [5.74, 6) is -1.96. The number of carboxylic acid groups (broad SMARTS) is 1. The molecule has 1 aromatic heterocycles. The van der Waals surface area contributed by atoms with Crippen molar-refractivity contribution in [3.63, 3.8) is 0 Å². The molecule has 2 heterocycles. The minimum atomic E-state index is -2.90. The van der Waals surface area contributed by atoms with Crippen molar-refractivity contribution < 1.29 is 32.6 Å². The third-order valence-corrected chi connectivity index (χ3v) is 6.68. The number of anilines is 1. The lowest BCUT2D eigenvalue weighted by Gasteiger charge is -2.24. The topological polar surface area (TPSA) is 104 Å². The van der Waals surface area contributed by atoms with Crippen LogP contribution in [0.15, 0.2) is 30.3 Å². The Morgan fingerprint density at radius 3 is 2.76 bits per heavy atom. The van der Waals surface area contributed by atoms with E-state index in [1.54, 1.807) is 0 Å². The lowest BCUT2D eigenvalue weighted by molar-refractivity contribution is -0.139. The van der Waals surface area contributed by atoms with Crippen LogP contribution in [0.2, 0.25) is 5.02 Å². The number of carbonyl (C=O) groups is 2. The number of halogens is 4. The fourth-order valence-corrected chi connectivity index (χ4v) is 4.45. The molecule has 208 valence electrons. The number of aryl methyl sites for hydroxylation is 2. The van der Waals surface area contributed by atoms with E-state index in [0.717, 1.165) is 56.2 Å². The largest absolute Gasteiger partial charge is 0.480 e. The molecule has 0 bridgehead atoms. The van der Waals surface area contributed by atoms with Gasteiger partial charge in [-0.1, -0.05) is 23.7 Å². The van der Waals surface area contributed by atoms with Gasteiger partial charge in [0.1, 0.15) is 17.7 Å². The highest BCUT2D eigenvalue weighted by molar-refractivity contribution is 6.34. The molecule has 1 amide bonds. The van der Waals surface area contributed by atoms with Crippen LogP contribution in [0.3, 0.4) is 0 Å². The zero-order valence-electron chi connectivity index (χ0n) is 20.9. The summed E-state index contributed by atoms with van der Waals surface area (Å²) in [4.78, 5) is 30.8. The molecule has 3 rings (SSSR count). The number of hydrogen-bond donors (Lipinski definition) is 3. The van der Waals surface area contributed by atoms with E-state index >= 15 is 0 Å². The van der Waals surface area contributed by atoms with Gasteiger partial charge >= 0.3 is 12.6 Å². The first kappa shape index (κ1) is 29.7. The van der Waals surface area contributed by atoms with E-state index in [9.17, 15) is 27.9 Å². The number of nitrogens with one attached hydrogen (secondary N) is 2. The first-order valence-electron chi connectivity index (χ1n) is 12.6. The van der Waals surface area contributed by atoms with Gasteiger partial charge in [-0.15, -0.1) is 0 Å². The number of aromatic nitrogens is 1. The number of pyridine rings is 1. The molecule has 12 heteroatoms. The zero-order chi connectivity index (χ0) is 27.5. The van der Waals surface area contributed by atoms with Crippen molar-refractivity contribution in [3.8, 4) is 0 Å². The molecule has 0 fully saturated rings. The molecule has 0 saturated carbocycles. The summed E-state index contributed by atoms with van der Waals surface area (Å²) in [6, 6.07) is 6.51. The van der Waals surface area contributed by atoms with Gasteiger partial charge in [0.05, 0.1) is 17.2 Å². The second-order valence-electron chi connectivity index (χ2n) is 9.03. The summed E-state index contributed by atoms with van der Waals surface area (Å²) in [6.45, 7) is -1.32. The van der Waals surface area contributed by atoms with Crippen molar-refractivity contribution in [2.45, 2.75) is 51.2 Å². The van der Waals surface area contributed by atoms with Crippen molar-refractivity contribution in [1.82, 2.24) is 15.2 Å². The fourth-order valence-electron chi connectivity index (χ4n) is 4.24. The number of aliphatic carboxylic acids is 1. The van der Waals surface area contributed by atoms with Crippen LogP contribution in [0.25, 0.3) is 0 Å². The van der Waals surface area contributed by atoms with Crippen LogP contribution in [-0.4, -0.2) is 72.3 Å². The highest BCUT2D eigenvalue weighted by Crippen LogP contribution is 2.21. The molecular weight excluding hydrogens is 525 g/mol. The molecule has 1 unspecified atom stereocenters. The number of carboxylic acids is 1. The predicted octanol–water partition coefficient (Wildman–Crippen LogP) is 4.37. The average Bonchev–Trinajstić information content (AvgIpc) is 2.89. The number of carbonyl (C=O) groups excluding carboxylic acids is 1. The quantitative estimate of drug-likeness (QED) is 0.280. The van der Waals surface area contributed by atoms with Crippen LogP contribution in [0.1, 0.15) is 47.3 Å². The first-order chi connectivity index (χ1) is 18.2. The highest BCUT2D eigenvalue weighted by Gasteiger charge is 2.23. The van der Waals surface area contributed by atoms with E-state index in [-0.39, 0.29) is 31.7 Å². The maximum absolute atomic E-state index is 13.7. The van der Waals surface area contributed by atoms with Gasteiger partial charge in [-0.25, -0.2) is 14.2 Å². The Balaban J connectivity index is 1.52. The molecule has 2 aromatic rings. The van der Waals surface area contributed by atoms with E-state index in [1.165, 1.54) is 17.7 Å². The third kappa shape index (κ3) is 9.14. The van der Waals surface area contributed by atoms with Crippen LogP contribution in [0.5, 0.6) is 0 Å². The maximum Gasteiger partial charge on any atom is 0.345 e. The number of hydrogen-bond acceptors (Lipinski definition) is 6. The lowest BCUT2D eigenvalue weighted by atomic mass is 10.1. The van der Waals surface area contributed by atoms with Crippen molar-refractivity contribution in [1.29, 1.82) is 0 Å². The van der Waals surface area contributed by atoms with Gasteiger partial charge in [-0.3, -0.25) is 4.79 Å². The predicted molar refractivity (Wildman–Crippen MR) is 137 cm³/mol. The number of nitrogens with zero attached hydrogens (tertiary/aromatic N) is 2. The Kier molecular flexibility index (Phi) is 11.6. The Labute approximate surface area is 224 Å². The molecule has 3 N–H and O–H groups in total. The lowest BCUT2D eigenvalue weighted by Crippen LogP contribution is -2.43. The smallest absolute Gasteiger partial charge is 0.345 e. The number of fused-ring (bicyclic) bond motifs is 1. The van der Waals surface area contributed by atoms with Crippen molar-refractivity contribution in [2.24, 2.45) is 0 Å². The maximum atomic E-state index is 13.7. The Morgan fingerprint density at radius 2 is 2.00 bits per heavy atom. The molecule has 8 nitrogen and oxygen atoms in total. The van der Waals surface area contributed by atoms with E-state index in [4.69, 9.17) is 11.6 Å². The molecular formula is C26H32ClF3N4O4. The Bertz CT molecular complexity index is 1090. The molecule has 38 heavy (non-hydrogen) atoms. The first-order valence-corrected chi connectivity index (χ1v) is 12.9. The van der Waals surface area contributed by atoms with E-state index in [1.807, 2.05) is 11.0 Å². The van der Waals surface area contributed by atoms with Crippen LogP contribution in [-0.2, 0) is 22.4 Å². The highest BCUT2D eigenvalue weighted by atomic mass is 35.5. The monoisotopic (exact) mass is 556 g/mol. The van der Waals surface area contributed by atoms with Gasteiger partial charge in [-0.05, 0) is 68.8 Å². The van der Waals surface area contributed by atoms with Crippen molar-refractivity contribution in [3.05, 3.63) is 58.0 Å². The van der Waals surface area contributed by atoms with Crippen molar-refractivity contribution >= 4 is 29.3 Å². The minimum Gasteiger partial charge on any atom is -0.480 e. The molecule has 0 aliphatic carbocycles. The molecule has 0 radical (unpaired) electrons. The average molecular weight is 557 g/mol. The second kappa shape index (κ2) is 14.9. The van der Waals surface area contributed by atoms with Crippen LogP contribution in [0.4, 0.5) is 19.0 Å². The van der Waals surface area contributed by atoms with Crippen LogP contribution < -0.4 is 10.6 Å². The standard InChI is InChI=1S/C26H32ClF3N4O4/c27-22-19(7-3-8-20(22)28)24(35)33-21(25(36)37)11-14-34(15-16-38-26(29)30)13-2-1-6-18-10-9-17-5-4-12-31-23(17)32-18/h3,7-10,21,26H,1-2,4-6,11-16H2,(H,31,32)(H,33,35)(H,36,37). The van der Waals surface area contributed by atoms with Crippen LogP contribution in [0, 0.1) is 5.82 Å². The van der Waals surface area contributed by atoms with Gasteiger partial charge in [0.25, 0.3) is 5.91 Å². The number of rotatable bonds is 15. The SMILES string of the molecule is O=C(NC(CCN(CCCCc1ccc2c(n1)NCCC2)CCOC(F)F)C(=O)O)c1cccc(F)c1Cl. The number of unbranched alkanes of at least 4 members (excludes halogenated alkanes) is 1. The molecule has 0 spiro atoms. The Hall–Kier alpha value is -2.89. The normalized spacial score (nSPS) is 13.7. The van der Waals surface area contributed by atoms with Crippen molar-refractivity contribution in [2.75, 3.05) is 38.1 Å². The van der Waals surface area contributed by atoms with Gasteiger partial charge < -0.3 is 25.4 Å². The number of amides is 1. The summed E-state index contributed by atoms with van der Waals surface area (Å²) >= 11 is 5.84. The summed E-state index contributed by atoms with van der Waals surface area (Å²) in [5, 5.41) is 14.9. The number of benzene rings is 1. The molecule has 1 atom stereocenters. The summed E-state index contributed by atoms with van der Waals surface area (Å²) in [5.41, 5.74) is 2.01. The van der Waals surface area contributed by atoms with Gasteiger partial charge in [0.2, 0.25) is 0 Å². The number of alkyl halides is 2. The molecule has 1 aliphatic rings. The van der Waals surface area contributed by atoms with Gasteiger partial charge in [0, 0.05) is 25.3 Å². The molecule has 1 aliphatic heterocycles. The molecule has 0 saturated heterocycles. The van der Waals surface area contributed by atoms with Gasteiger partial charge in [0.15, 0.2) is 0 Å². The third-order valence-electron chi connectivity index (χ3n) is 6.29.